The van der Waals surface area contributed by atoms with Crippen LogP contribution in [0.1, 0.15) is 29.7 Å². The summed E-state index contributed by atoms with van der Waals surface area (Å²) in [4.78, 5) is 16.1. The van der Waals surface area contributed by atoms with Crippen LogP contribution in [-0.4, -0.2) is 23.9 Å². The Labute approximate surface area is 135 Å². The maximum Gasteiger partial charge on any atom is 0.225 e. The summed E-state index contributed by atoms with van der Waals surface area (Å²) in [6.45, 7) is 3.18. The molecule has 1 saturated heterocycles. The van der Waals surface area contributed by atoms with Crippen molar-refractivity contribution in [1.29, 1.82) is 0 Å². The van der Waals surface area contributed by atoms with Gasteiger partial charge in [0.05, 0.1) is 0 Å². The van der Waals surface area contributed by atoms with Crippen molar-refractivity contribution in [2.24, 2.45) is 0 Å². The summed E-state index contributed by atoms with van der Waals surface area (Å²) in [5.74, 6) is 0.172. The molecule has 1 spiro atoms. The fourth-order valence-electron chi connectivity index (χ4n) is 3.86. The molecule has 0 unspecified atom stereocenters. The minimum atomic E-state index is 0.0465. The second-order valence-electron chi connectivity index (χ2n) is 6.41. The first kappa shape index (κ1) is 14.0. The molecule has 2 aromatic rings. The van der Waals surface area contributed by atoms with Crippen molar-refractivity contribution in [2.45, 2.75) is 31.2 Å². The number of thiophene rings is 1. The Balaban J connectivity index is 1.53. The van der Waals surface area contributed by atoms with E-state index >= 15 is 0 Å². The number of benzene rings is 1. The standard InChI is InChI=1S/C18H20N2OS/c21-17-12-18(15-5-1-2-6-16(15)19-17)7-9-20(10-8-18)13-14-4-3-11-22-14/h1-6,11H,7-10,12-13H2,(H,19,21). The van der Waals surface area contributed by atoms with Crippen LogP contribution in [0, 0.1) is 0 Å². The quantitative estimate of drug-likeness (QED) is 0.918. The van der Waals surface area contributed by atoms with Gasteiger partial charge in [0.15, 0.2) is 0 Å². The lowest BCUT2D eigenvalue weighted by atomic mass is 9.68. The molecule has 1 aromatic heterocycles. The van der Waals surface area contributed by atoms with Crippen LogP contribution in [0.15, 0.2) is 41.8 Å². The number of carbonyl (C=O) groups excluding carboxylic acids is 1. The van der Waals surface area contributed by atoms with Crippen molar-refractivity contribution in [1.82, 2.24) is 4.90 Å². The highest BCUT2D eigenvalue weighted by Gasteiger charge is 2.42. The molecule has 1 N–H and O–H groups in total. The molecule has 0 bridgehead atoms. The minimum Gasteiger partial charge on any atom is -0.326 e. The maximum atomic E-state index is 12.1. The number of hydrogen-bond donors (Lipinski definition) is 1. The van der Waals surface area contributed by atoms with Gasteiger partial charge in [-0.25, -0.2) is 0 Å². The molecule has 4 heteroatoms. The topological polar surface area (TPSA) is 32.3 Å². The van der Waals surface area contributed by atoms with Crippen LogP contribution in [0.5, 0.6) is 0 Å². The Kier molecular flexibility index (Phi) is 3.51. The van der Waals surface area contributed by atoms with Crippen LogP contribution in [0.3, 0.4) is 0 Å². The number of hydrogen-bond acceptors (Lipinski definition) is 3. The zero-order valence-corrected chi connectivity index (χ0v) is 13.4. The number of nitrogens with one attached hydrogen (secondary N) is 1. The number of likely N-dealkylation sites (tertiary alicyclic amines) is 1. The van der Waals surface area contributed by atoms with Crippen molar-refractivity contribution >= 4 is 22.9 Å². The van der Waals surface area contributed by atoms with E-state index in [1.165, 1.54) is 10.4 Å². The third-order valence-electron chi connectivity index (χ3n) is 5.04. The van der Waals surface area contributed by atoms with Gasteiger partial charge in [-0.1, -0.05) is 24.3 Å². The van der Waals surface area contributed by atoms with Gasteiger partial charge in [-0.15, -0.1) is 11.3 Å². The molecule has 4 rings (SSSR count). The molecular formula is C18H20N2OS. The smallest absolute Gasteiger partial charge is 0.225 e. The summed E-state index contributed by atoms with van der Waals surface area (Å²) in [5, 5.41) is 5.17. The van der Waals surface area contributed by atoms with Gasteiger partial charge in [0.1, 0.15) is 0 Å². The molecule has 3 heterocycles. The zero-order valence-electron chi connectivity index (χ0n) is 12.5. The molecule has 3 nitrogen and oxygen atoms in total. The maximum absolute atomic E-state index is 12.1. The van der Waals surface area contributed by atoms with Gasteiger partial charge >= 0.3 is 0 Å². The number of para-hydroxylation sites is 1. The van der Waals surface area contributed by atoms with Gasteiger partial charge in [-0.2, -0.15) is 0 Å². The second kappa shape index (κ2) is 5.52. The number of carbonyl (C=O) groups is 1. The molecule has 0 aliphatic carbocycles. The van der Waals surface area contributed by atoms with Gasteiger partial charge < -0.3 is 5.32 Å². The number of piperidine rings is 1. The molecule has 0 saturated carbocycles. The Morgan fingerprint density at radius 2 is 1.95 bits per heavy atom. The molecule has 0 radical (unpaired) electrons. The molecule has 1 aromatic carbocycles. The third-order valence-corrected chi connectivity index (χ3v) is 5.91. The van der Waals surface area contributed by atoms with Crippen LogP contribution in [-0.2, 0) is 16.8 Å². The summed E-state index contributed by atoms with van der Waals surface area (Å²) < 4.78 is 0. The second-order valence-corrected chi connectivity index (χ2v) is 7.44. The minimum absolute atomic E-state index is 0.0465. The first-order valence-corrected chi connectivity index (χ1v) is 8.77. The van der Waals surface area contributed by atoms with E-state index < -0.39 is 0 Å². The normalized spacial score (nSPS) is 20.6. The molecule has 2 aliphatic rings. The highest BCUT2D eigenvalue weighted by atomic mass is 32.1. The van der Waals surface area contributed by atoms with E-state index in [-0.39, 0.29) is 11.3 Å². The van der Waals surface area contributed by atoms with Crippen molar-refractivity contribution < 1.29 is 4.79 Å². The fraction of sp³-hybridized carbons (Fsp3) is 0.389. The van der Waals surface area contributed by atoms with Gasteiger partial charge in [-0.05, 0) is 49.0 Å². The average Bonchev–Trinajstić information content (AvgIpc) is 3.03. The average molecular weight is 312 g/mol. The molecule has 1 fully saturated rings. The lowest BCUT2D eigenvalue weighted by molar-refractivity contribution is -0.118. The Bertz CT molecular complexity index is 672. The summed E-state index contributed by atoms with van der Waals surface area (Å²) in [7, 11) is 0. The number of anilines is 1. The first-order chi connectivity index (χ1) is 10.8. The SMILES string of the molecule is O=C1CC2(CCN(Cc3cccs3)CC2)c2ccccc2N1. The van der Waals surface area contributed by atoms with Crippen molar-refractivity contribution in [3.8, 4) is 0 Å². The lowest BCUT2D eigenvalue weighted by Crippen LogP contribution is -2.46. The van der Waals surface area contributed by atoms with Gasteiger partial charge in [0, 0.05) is 28.9 Å². The zero-order chi connectivity index (χ0) is 15.0. The van der Waals surface area contributed by atoms with E-state index in [0.29, 0.717) is 6.42 Å². The first-order valence-electron chi connectivity index (χ1n) is 7.89. The Hall–Kier alpha value is -1.65. The van der Waals surface area contributed by atoms with Crippen molar-refractivity contribution in [2.75, 3.05) is 18.4 Å². The molecule has 2 aliphatic heterocycles. The highest BCUT2D eigenvalue weighted by molar-refractivity contribution is 7.09. The van der Waals surface area contributed by atoms with Crippen LogP contribution in [0.4, 0.5) is 5.69 Å². The number of nitrogens with zero attached hydrogens (tertiary/aromatic N) is 1. The van der Waals surface area contributed by atoms with Crippen LogP contribution < -0.4 is 5.32 Å². The predicted octanol–water partition coefficient (Wildman–Crippen LogP) is 3.62. The van der Waals surface area contributed by atoms with Gasteiger partial charge in [0.25, 0.3) is 0 Å². The van der Waals surface area contributed by atoms with E-state index in [1.54, 1.807) is 0 Å². The number of amides is 1. The summed E-state index contributed by atoms with van der Waals surface area (Å²) >= 11 is 1.83. The lowest BCUT2D eigenvalue weighted by Gasteiger charge is -2.44. The molecular weight excluding hydrogens is 292 g/mol. The predicted molar refractivity (Wildman–Crippen MR) is 90.2 cm³/mol. The highest BCUT2D eigenvalue weighted by Crippen LogP contribution is 2.45. The molecule has 1 amide bonds. The summed E-state index contributed by atoms with van der Waals surface area (Å²) in [6.07, 6.45) is 2.78. The summed E-state index contributed by atoms with van der Waals surface area (Å²) in [5.41, 5.74) is 2.40. The van der Waals surface area contributed by atoms with E-state index in [4.69, 9.17) is 0 Å². The molecule has 0 atom stereocenters. The Morgan fingerprint density at radius 3 is 2.73 bits per heavy atom. The van der Waals surface area contributed by atoms with E-state index in [1.807, 2.05) is 23.5 Å². The van der Waals surface area contributed by atoms with Crippen molar-refractivity contribution in [3.05, 3.63) is 52.2 Å². The third kappa shape index (κ3) is 2.46. The molecule has 114 valence electrons. The largest absolute Gasteiger partial charge is 0.326 e. The van der Waals surface area contributed by atoms with Crippen LogP contribution in [0.2, 0.25) is 0 Å². The monoisotopic (exact) mass is 312 g/mol. The number of rotatable bonds is 2. The van der Waals surface area contributed by atoms with Gasteiger partial charge in [0.2, 0.25) is 5.91 Å². The Morgan fingerprint density at radius 1 is 1.14 bits per heavy atom. The van der Waals surface area contributed by atoms with E-state index in [2.05, 4.69) is 39.9 Å². The van der Waals surface area contributed by atoms with E-state index in [9.17, 15) is 4.79 Å². The summed E-state index contributed by atoms with van der Waals surface area (Å²) in [6, 6.07) is 12.7. The number of fused-ring (bicyclic) bond motifs is 2. The fourth-order valence-corrected chi connectivity index (χ4v) is 4.61. The van der Waals surface area contributed by atoms with Crippen LogP contribution >= 0.6 is 11.3 Å². The van der Waals surface area contributed by atoms with E-state index in [0.717, 1.165) is 38.2 Å². The van der Waals surface area contributed by atoms with Crippen molar-refractivity contribution in [3.63, 3.8) is 0 Å². The van der Waals surface area contributed by atoms with Crippen LogP contribution in [0.25, 0.3) is 0 Å². The van der Waals surface area contributed by atoms with Gasteiger partial charge in [-0.3, -0.25) is 9.69 Å². The molecule has 22 heavy (non-hydrogen) atoms.